The quantitative estimate of drug-likeness (QED) is 0.887. The van der Waals surface area contributed by atoms with Gasteiger partial charge in [0, 0.05) is 11.7 Å². The number of aryl methyl sites for hydroxylation is 2. The Kier molecular flexibility index (Phi) is 3.57. The Morgan fingerprint density at radius 2 is 1.75 bits per heavy atom. The van der Waals surface area contributed by atoms with E-state index in [4.69, 9.17) is 0 Å². The van der Waals surface area contributed by atoms with Crippen molar-refractivity contribution in [3.8, 4) is 0 Å². The van der Waals surface area contributed by atoms with Crippen molar-refractivity contribution in [3.05, 3.63) is 29.6 Å². The van der Waals surface area contributed by atoms with Gasteiger partial charge in [0.25, 0.3) is 0 Å². The Bertz CT molecular complexity index is 615. The van der Waals surface area contributed by atoms with Crippen molar-refractivity contribution in [2.75, 3.05) is 5.32 Å². The van der Waals surface area contributed by atoms with Crippen molar-refractivity contribution in [1.82, 2.24) is 9.38 Å². The molecule has 0 fully saturated rings. The Labute approximate surface area is 122 Å². The first-order chi connectivity index (χ1) is 9.07. The number of aromatic nitrogens is 2. The fraction of sp³-hybridized carbons (Fsp3) is 0.588. The molecule has 110 valence electrons. The van der Waals surface area contributed by atoms with Gasteiger partial charge < -0.3 is 5.32 Å². The van der Waals surface area contributed by atoms with E-state index >= 15 is 0 Å². The molecule has 0 unspecified atom stereocenters. The third kappa shape index (κ3) is 3.33. The lowest BCUT2D eigenvalue weighted by molar-refractivity contribution is 0.302. The van der Waals surface area contributed by atoms with Gasteiger partial charge in [-0.05, 0) is 51.2 Å². The maximum absolute atomic E-state index is 4.64. The van der Waals surface area contributed by atoms with E-state index in [9.17, 15) is 0 Å². The van der Waals surface area contributed by atoms with Crippen molar-refractivity contribution in [3.63, 3.8) is 0 Å². The number of imidazole rings is 1. The van der Waals surface area contributed by atoms with Crippen LogP contribution in [-0.2, 0) is 0 Å². The summed E-state index contributed by atoms with van der Waals surface area (Å²) < 4.78 is 2.16. The average Bonchev–Trinajstić information content (AvgIpc) is 2.52. The molecule has 2 aromatic heterocycles. The van der Waals surface area contributed by atoms with Gasteiger partial charge in [0.2, 0.25) is 0 Å². The number of hydrogen-bond acceptors (Lipinski definition) is 2. The zero-order chi connectivity index (χ0) is 15.1. The van der Waals surface area contributed by atoms with Crippen LogP contribution in [0.5, 0.6) is 0 Å². The molecule has 2 heterocycles. The van der Waals surface area contributed by atoms with Gasteiger partial charge in [-0.1, -0.05) is 26.8 Å². The predicted molar refractivity (Wildman–Crippen MR) is 86.4 cm³/mol. The van der Waals surface area contributed by atoms with E-state index in [0.29, 0.717) is 5.41 Å². The highest BCUT2D eigenvalue weighted by Crippen LogP contribution is 2.31. The smallest absolute Gasteiger partial charge is 0.138 e. The van der Waals surface area contributed by atoms with Gasteiger partial charge in [-0.3, -0.25) is 4.40 Å². The molecule has 3 nitrogen and oxygen atoms in total. The number of anilines is 1. The highest BCUT2D eigenvalue weighted by molar-refractivity contribution is 5.56. The fourth-order valence-corrected chi connectivity index (χ4v) is 3.11. The summed E-state index contributed by atoms with van der Waals surface area (Å²) in [5.41, 5.74) is 3.62. The van der Waals surface area contributed by atoms with Crippen LogP contribution in [0.4, 0.5) is 5.82 Å². The standard InChI is InChI=1S/C17H27N3/c1-12-8-9-14-18-13(2)15(20(14)10-12)19-17(6,7)11-16(3,4)5/h8-10,19H,11H2,1-7H3. The van der Waals surface area contributed by atoms with Crippen molar-refractivity contribution >= 4 is 11.5 Å². The van der Waals surface area contributed by atoms with E-state index in [1.54, 1.807) is 0 Å². The second kappa shape index (κ2) is 4.80. The number of nitrogens with zero attached hydrogens (tertiary/aromatic N) is 2. The first-order valence-corrected chi connectivity index (χ1v) is 7.31. The number of rotatable bonds is 3. The molecule has 0 atom stereocenters. The maximum atomic E-state index is 4.64. The van der Waals surface area contributed by atoms with Gasteiger partial charge in [-0.25, -0.2) is 4.98 Å². The van der Waals surface area contributed by atoms with Crippen molar-refractivity contribution in [1.29, 1.82) is 0 Å². The van der Waals surface area contributed by atoms with Crippen LogP contribution in [-0.4, -0.2) is 14.9 Å². The summed E-state index contributed by atoms with van der Waals surface area (Å²) in [5, 5.41) is 3.69. The summed E-state index contributed by atoms with van der Waals surface area (Å²) in [6.07, 6.45) is 3.24. The first kappa shape index (κ1) is 14.9. The molecule has 20 heavy (non-hydrogen) atoms. The van der Waals surface area contributed by atoms with Crippen LogP contribution in [0.3, 0.4) is 0 Å². The molecule has 0 saturated carbocycles. The van der Waals surface area contributed by atoms with E-state index in [-0.39, 0.29) is 5.54 Å². The summed E-state index contributed by atoms with van der Waals surface area (Å²) in [7, 11) is 0. The summed E-state index contributed by atoms with van der Waals surface area (Å²) in [4.78, 5) is 4.64. The molecule has 0 aromatic carbocycles. The van der Waals surface area contributed by atoms with Gasteiger partial charge in [0.05, 0.1) is 5.69 Å². The molecular formula is C17H27N3. The Balaban J connectivity index is 2.38. The third-order valence-electron chi connectivity index (χ3n) is 3.37. The highest BCUT2D eigenvalue weighted by Gasteiger charge is 2.26. The highest BCUT2D eigenvalue weighted by atomic mass is 15.2. The minimum Gasteiger partial charge on any atom is -0.365 e. The van der Waals surface area contributed by atoms with E-state index in [2.05, 4.69) is 81.5 Å². The van der Waals surface area contributed by atoms with Gasteiger partial charge in [-0.2, -0.15) is 0 Å². The number of hydrogen-bond donors (Lipinski definition) is 1. The van der Waals surface area contributed by atoms with Crippen molar-refractivity contribution < 1.29 is 0 Å². The number of fused-ring (bicyclic) bond motifs is 1. The summed E-state index contributed by atoms with van der Waals surface area (Å²) in [6.45, 7) is 15.5. The van der Waals surface area contributed by atoms with E-state index < -0.39 is 0 Å². The lowest BCUT2D eigenvalue weighted by atomic mass is 9.82. The number of nitrogens with one attached hydrogen (secondary N) is 1. The van der Waals surface area contributed by atoms with Crippen molar-refractivity contribution in [2.24, 2.45) is 5.41 Å². The topological polar surface area (TPSA) is 29.3 Å². The largest absolute Gasteiger partial charge is 0.365 e. The zero-order valence-electron chi connectivity index (χ0n) is 13.8. The van der Waals surface area contributed by atoms with Crippen LogP contribution in [0.2, 0.25) is 0 Å². The molecule has 0 aliphatic carbocycles. The second-order valence-electron chi connectivity index (χ2n) is 7.73. The molecule has 0 bridgehead atoms. The lowest BCUT2D eigenvalue weighted by Gasteiger charge is -2.34. The lowest BCUT2D eigenvalue weighted by Crippen LogP contribution is -2.36. The maximum Gasteiger partial charge on any atom is 0.138 e. The average molecular weight is 273 g/mol. The van der Waals surface area contributed by atoms with Crippen LogP contribution >= 0.6 is 0 Å². The molecule has 0 spiro atoms. The fourth-order valence-electron chi connectivity index (χ4n) is 3.11. The summed E-state index contributed by atoms with van der Waals surface area (Å²) >= 11 is 0. The van der Waals surface area contributed by atoms with Crippen LogP contribution in [0.25, 0.3) is 5.65 Å². The molecule has 2 aromatic rings. The second-order valence-corrected chi connectivity index (χ2v) is 7.73. The van der Waals surface area contributed by atoms with Gasteiger partial charge in [-0.15, -0.1) is 0 Å². The normalized spacial score (nSPS) is 12.9. The first-order valence-electron chi connectivity index (χ1n) is 7.31. The minimum atomic E-state index is 0.0305. The van der Waals surface area contributed by atoms with Gasteiger partial charge in [0.15, 0.2) is 0 Å². The van der Waals surface area contributed by atoms with Gasteiger partial charge >= 0.3 is 0 Å². The molecule has 0 amide bonds. The molecule has 0 aliphatic rings. The summed E-state index contributed by atoms with van der Waals surface area (Å²) in [5.74, 6) is 1.11. The molecule has 2 rings (SSSR count). The molecule has 1 N–H and O–H groups in total. The Hall–Kier alpha value is -1.51. The molecule has 3 heteroatoms. The molecule has 0 radical (unpaired) electrons. The SMILES string of the molecule is Cc1ccc2nc(C)c(NC(C)(C)CC(C)(C)C)n2c1. The molecule has 0 saturated heterocycles. The Morgan fingerprint density at radius 1 is 1.10 bits per heavy atom. The Morgan fingerprint density at radius 3 is 2.35 bits per heavy atom. The predicted octanol–water partition coefficient (Wildman–Crippen LogP) is 4.58. The number of pyridine rings is 1. The summed E-state index contributed by atoms with van der Waals surface area (Å²) in [6, 6.07) is 4.18. The minimum absolute atomic E-state index is 0.0305. The zero-order valence-corrected chi connectivity index (χ0v) is 13.8. The monoisotopic (exact) mass is 273 g/mol. The van der Waals surface area contributed by atoms with Crippen LogP contribution in [0, 0.1) is 19.3 Å². The van der Waals surface area contributed by atoms with Crippen LogP contribution in [0.15, 0.2) is 18.3 Å². The van der Waals surface area contributed by atoms with E-state index in [1.165, 1.54) is 5.56 Å². The van der Waals surface area contributed by atoms with E-state index in [1.807, 2.05) is 0 Å². The van der Waals surface area contributed by atoms with Gasteiger partial charge in [0.1, 0.15) is 11.5 Å². The van der Waals surface area contributed by atoms with Crippen LogP contribution in [0.1, 0.15) is 52.3 Å². The van der Waals surface area contributed by atoms with E-state index in [0.717, 1.165) is 23.6 Å². The third-order valence-corrected chi connectivity index (χ3v) is 3.37. The molecule has 0 aliphatic heterocycles. The molecular weight excluding hydrogens is 246 g/mol. The van der Waals surface area contributed by atoms with Crippen LogP contribution < -0.4 is 5.32 Å². The van der Waals surface area contributed by atoms with Crippen molar-refractivity contribution in [2.45, 2.75) is 60.4 Å².